The molecule has 1 amide bonds. The number of rotatable bonds is 10. The minimum Gasteiger partial charge on any atom is -0.492 e. The number of hydrogen-bond donors (Lipinski definition) is 1. The molecule has 0 aliphatic carbocycles. The first-order valence-corrected chi connectivity index (χ1v) is 10.1. The van der Waals surface area contributed by atoms with Crippen molar-refractivity contribution in [2.75, 3.05) is 52.4 Å². The van der Waals surface area contributed by atoms with Gasteiger partial charge in [-0.15, -0.1) is 0 Å². The lowest BCUT2D eigenvalue weighted by atomic mass is 10.2. The van der Waals surface area contributed by atoms with Gasteiger partial charge in [0.05, 0.1) is 11.1 Å². The van der Waals surface area contributed by atoms with Gasteiger partial charge in [0.15, 0.2) is 0 Å². The normalized spacial score (nSPS) is 15.9. The van der Waals surface area contributed by atoms with Crippen LogP contribution in [0.2, 0.25) is 0 Å². The van der Waals surface area contributed by atoms with Crippen molar-refractivity contribution in [2.24, 2.45) is 0 Å². The Labute approximate surface area is 159 Å². The second-order valence-electron chi connectivity index (χ2n) is 6.36. The van der Waals surface area contributed by atoms with Crippen molar-refractivity contribution < 1.29 is 9.53 Å². The van der Waals surface area contributed by atoms with Crippen molar-refractivity contribution in [1.82, 2.24) is 15.1 Å². The van der Waals surface area contributed by atoms with Crippen LogP contribution in [0.5, 0.6) is 5.75 Å². The summed E-state index contributed by atoms with van der Waals surface area (Å²) in [6, 6.07) is 7.76. The second-order valence-corrected chi connectivity index (χ2v) is 7.22. The molecule has 1 heterocycles. The summed E-state index contributed by atoms with van der Waals surface area (Å²) >= 11 is 3.45. The fourth-order valence-corrected chi connectivity index (χ4v) is 3.32. The fraction of sp³-hybridized carbons (Fsp3) is 0.632. The van der Waals surface area contributed by atoms with Gasteiger partial charge in [-0.3, -0.25) is 4.79 Å². The Morgan fingerprint density at radius 3 is 2.60 bits per heavy atom. The number of ether oxygens (including phenoxy) is 1. The average molecular weight is 412 g/mol. The van der Waals surface area contributed by atoms with Gasteiger partial charge in [0.2, 0.25) is 5.91 Å². The number of carbonyl (C=O) groups is 1. The highest BCUT2D eigenvalue weighted by atomic mass is 79.9. The van der Waals surface area contributed by atoms with E-state index in [1.807, 2.05) is 24.3 Å². The minimum atomic E-state index is 0.117. The molecule has 140 valence electrons. The molecule has 1 aromatic rings. The molecule has 0 radical (unpaired) electrons. The largest absolute Gasteiger partial charge is 0.492 e. The molecule has 5 nitrogen and oxygen atoms in total. The van der Waals surface area contributed by atoms with E-state index >= 15 is 0 Å². The van der Waals surface area contributed by atoms with Gasteiger partial charge in [-0.25, -0.2) is 0 Å². The van der Waals surface area contributed by atoms with Crippen LogP contribution in [0.15, 0.2) is 28.7 Å². The predicted octanol–water partition coefficient (Wildman–Crippen LogP) is 2.75. The molecule has 1 N–H and O–H groups in total. The quantitative estimate of drug-likeness (QED) is 0.601. The van der Waals surface area contributed by atoms with E-state index in [2.05, 4.69) is 38.0 Å². The van der Waals surface area contributed by atoms with Gasteiger partial charge in [-0.05, 0) is 54.0 Å². The van der Waals surface area contributed by atoms with Crippen LogP contribution in [0.1, 0.15) is 26.2 Å². The number of benzene rings is 1. The smallest absolute Gasteiger partial charge is 0.220 e. The highest BCUT2D eigenvalue weighted by Crippen LogP contribution is 2.23. The Bertz CT molecular complexity index is 519. The summed E-state index contributed by atoms with van der Waals surface area (Å²) in [4.78, 5) is 16.8. The van der Waals surface area contributed by atoms with Crippen LogP contribution in [0.25, 0.3) is 0 Å². The number of carbonyl (C=O) groups excluding carboxylic acids is 1. The van der Waals surface area contributed by atoms with E-state index < -0.39 is 0 Å². The number of halogens is 1. The van der Waals surface area contributed by atoms with E-state index in [-0.39, 0.29) is 5.91 Å². The Hall–Kier alpha value is -1.11. The standard InChI is InChI=1S/C19H30BrN3O2/c1-2-22-12-14-23(15-13-22)11-6-10-21-19(24)9-5-16-25-18-8-4-3-7-17(18)20/h3-4,7-8H,2,5-6,9-16H2,1H3,(H,21,24). The molecule has 2 rings (SSSR count). The Morgan fingerprint density at radius 2 is 1.88 bits per heavy atom. The maximum atomic E-state index is 11.9. The maximum absolute atomic E-state index is 11.9. The van der Waals surface area contributed by atoms with E-state index in [0.29, 0.717) is 13.0 Å². The van der Waals surface area contributed by atoms with Gasteiger partial charge in [-0.2, -0.15) is 0 Å². The third kappa shape index (κ3) is 7.75. The molecule has 25 heavy (non-hydrogen) atoms. The van der Waals surface area contributed by atoms with Crippen LogP contribution in [-0.4, -0.2) is 68.1 Å². The zero-order chi connectivity index (χ0) is 17.9. The van der Waals surface area contributed by atoms with Crippen molar-refractivity contribution in [2.45, 2.75) is 26.2 Å². The van der Waals surface area contributed by atoms with Crippen LogP contribution < -0.4 is 10.1 Å². The van der Waals surface area contributed by atoms with Crippen LogP contribution in [0, 0.1) is 0 Å². The number of piperazine rings is 1. The zero-order valence-corrected chi connectivity index (χ0v) is 16.8. The molecule has 6 heteroatoms. The second kappa shape index (κ2) is 11.5. The molecule has 1 saturated heterocycles. The van der Waals surface area contributed by atoms with E-state index in [0.717, 1.165) is 55.8 Å². The summed E-state index contributed by atoms with van der Waals surface area (Å²) in [5.74, 6) is 0.942. The molecule has 0 spiro atoms. The number of amides is 1. The van der Waals surface area contributed by atoms with Crippen molar-refractivity contribution in [1.29, 1.82) is 0 Å². The summed E-state index contributed by atoms with van der Waals surface area (Å²) in [6.45, 7) is 10.4. The van der Waals surface area contributed by atoms with Crippen molar-refractivity contribution in [3.05, 3.63) is 28.7 Å². The summed E-state index contributed by atoms with van der Waals surface area (Å²) in [6.07, 6.45) is 2.26. The topological polar surface area (TPSA) is 44.8 Å². The Kier molecular flexibility index (Phi) is 9.29. The summed E-state index contributed by atoms with van der Waals surface area (Å²) in [5, 5.41) is 3.01. The fourth-order valence-electron chi connectivity index (χ4n) is 2.92. The van der Waals surface area contributed by atoms with E-state index in [9.17, 15) is 4.79 Å². The molecule has 1 fully saturated rings. The third-order valence-corrected chi connectivity index (χ3v) is 5.18. The highest BCUT2D eigenvalue weighted by Gasteiger charge is 2.14. The predicted molar refractivity (Wildman–Crippen MR) is 105 cm³/mol. The Morgan fingerprint density at radius 1 is 1.16 bits per heavy atom. The van der Waals surface area contributed by atoms with E-state index in [1.165, 1.54) is 13.1 Å². The zero-order valence-electron chi connectivity index (χ0n) is 15.2. The molecule has 0 aromatic heterocycles. The monoisotopic (exact) mass is 411 g/mol. The minimum absolute atomic E-state index is 0.117. The molecule has 1 aliphatic heterocycles. The molecule has 0 unspecified atom stereocenters. The highest BCUT2D eigenvalue weighted by molar-refractivity contribution is 9.10. The third-order valence-electron chi connectivity index (χ3n) is 4.53. The summed E-state index contributed by atoms with van der Waals surface area (Å²) in [7, 11) is 0. The number of nitrogens with zero attached hydrogens (tertiary/aromatic N) is 2. The lowest BCUT2D eigenvalue weighted by Crippen LogP contribution is -2.46. The molecule has 1 aromatic carbocycles. The van der Waals surface area contributed by atoms with Gasteiger partial charge in [0.1, 0.15) is 5.75 Å². The molecule has 0 bridgehead atoms. The lowest BCUT2D eigenvalue weighted by Gasteiger charge is -2.33. The van der Waals surface area contributed by atoms with Crippen LogP contribution in [0.4, 0.5) is 0 Å². The Balaban J connectivity index is 1.47. The van der Waals surface area contributed by atoms with Crippen molar-refractivity contribution in [3.63, 3.8) is 0 Å². The van der Waals surface area contributed by atoms with Crippen molar-refractivity contribution >= 4 is 21.8 Å². The van der Waals surface area contributed by atoms with E-state index in [1.54, 1.807) is 0 Å². The van der Waals surface area contributed by atoms with Gasteiger partial charge in [0.25, 0.3) is 0 Å². The molecular weight excluding hydrogens is 382 g/mol. The number of hydrogen-bond acceptors (Lipinski definition) is 4. The lowest BCUT2D eigenvalue weighted by molar-refractivity contribution is -0.121. The van der Waals surface area contributed by atoms with Crippen LogP contribution in [-0.2, 0) is 4.79 Å². The first-order chi connectivity index (χ1) is 12.2. The van der Waals surface area contributed by atoms with Gasteiger partial charge >= 0.3 is 0 Å². The molecule has 0 atom stereocenters. The average Bonchev–Trinajstić information content (AvgIpc) is 2.64. The number of likely N-dealkylation sites (N-methyl/N-ethyl adjacent to an activating group) is 1. The van der Waals surface area contributed by atoms with Crippen LogP contribution in [0.3, 0.4) is 0 Å². The summed E-state index contributed by atoms with van der Waals surface area (Å²) < 4.78 is 6.62. The van der Waals surface area contributed by atoms with Gasteiger partial charge in [-0.1, -0.05) is 19.1 Å². The molecule has 1 aliphatic rings. The molecule has 0 saturated carbocycles. The summed E-state index contributed by atoms with van der Waals surface area (Å²) in [5.41, 5.74) is 0. The number of nitrogens with one attached hydrogen (secondary N) is 1. The van der Waals surface area contributed by atoms with Crippen LogP contribution >= 0.6 is 15.9 Å². The first kappa shape index (κ1) is 20.2. The van der Waals surface area contributed by atoms with E-state index in [4.69, 9.17) is 4.74 Å². The van der Waals surface area contributed by atoms with Crippen molar-refractivity contribution in [3.8, 4) is 5.75 Å². The maximum Gasteiger partial charge on any atom is 0.220 e. The first-order valence-electron chi connectivity index (χ1n) is 9.27. The molecular formula is C19H30BrN3O2. The van der Waals surface area contributed by atoms with Gasteiger partial charge in [0, 0.05) is 39.1 Å². The SMILES string of the molecule is CCN1CCN(CCCNC(=O)CCCOc2ccccc2Br)CC1. The number of para-hydroxylation sites is 1. The van der Waals surface area contributed by atoms with Gasteiger partial charge < -0.3 is 19.9 Å².